The topological polar surface area (TPSA) is 98.3 Å². The van der Waals surface area contributed by atoms with Crippen molar-refractivity contribution in [3.8, 4) is 0 Å². The van der Waals surface area contributed by atoms with Gasteiger partial charge in [-0.3, -0.25) is 25.1 Å². The number of hydrogen-bond acceptors (Lipinski definition) is 5. The van der Waals surface area contributed by atoms with E-state index in [0.717, 1.165) is 12.1 Å². The fourth-order valence-corrected chi connectivity index (χ4v) is 1.12. The minimum absolute atomic E-state index is 0.316. The maximum atomic E-state index is 10.4. The molecular formula is C6H4ClN3O4. The standard InChI is InChI=1S/C6H4ClN3O4/c7-8-6-4(9(11)12)2-1-3-5(6)10(13)14/h1-3,8H. The fraction of sp³-hybridized carbons (Fsp3) is 0. The van der Waals surface area contributed by atoms with E-state index in [1.54, 1.807) is 0 Å². The molecule has 8 heteroatoms. The van der Waals surface area contributed by atoms with Gasteiger partial charge in [-0.25, -0.2) is 0 Å². The van der Waals surface area contributed by atoms with Gasteiger partial charge in [-0.05, 0) is 6.07 Å². The van der Waals surface area contributed by atoms with E-state index < -0.39 is 21.2 Å². The predicted molar refractivity (Wildman–Crippen MR) is 49.2 cm³/mol. The number of rotatable bonds is 3. The molecule has 0 saturated heterocycles. The van der Waals surface area contributed by atoms with Gasteiger partial charge >= 0.3 is 11.4 Å². The van der Waals surface area contributed by atoms with E-state index in [1.165, 1.54) is 6.07 Å². The first kappa shape index (κ1) is 10.2. The van der Waals surface area contributed by atoms with Crippen LogP contribution in [-0.2, 0) is 0 Å². The maximum Gasteiger partial charge on any atom is 0.300 e. The number of nitro benzene ring substituents is 2. The van der Waals surface area contributed by atoms with Crippen LogP contribution in [0, 0.1) is 20.2 Å². The van der Waals surface area contributed by atoms with E-state index in [4.69, 9.17) is 11.8 Å². The van der Waals surface area contributed by atoms with Crippen LogP contribution in [0.15, 0.2) is 18.2 Å². The van der Waals surface area contributed by atoms with E-state index in [2.05, 4.69) is 0 Å². The highest BCUT2D eigenvalue weighted by molar-refractivity contribution is 6.25. The largest absolute Gasteiger partial charge is 0.300 e. The number of nitro groups is 2. The molecule has 74 valence electrons. The summed E-state index contributed by atoms with van der Waals surface area (Å²) in [7, 11) is 0. The van der Waals surface area contributed by atoms with Crippen molar-refractivity contribution < 1.29 is 9.85 Å². The number of halogens is 1. The molecular weight excluding hydrogens is 214 g/mol. The number of benzene rings is 1. The predicted octanol–water partition coefficient (Wildman–Crippen LogP) is 2.07. The highest BCUT2D eigenvalue weighted by Gasteiger charge is 2.23. The van der Waals surface area contributed by atoms with E-state index >= 15 is 0 Å². The molecule has 1 aromatic carbocycles. The van der Waals surface area contributed by atoms with Crippen molar-refractivity contribution in [1.82, 2.24) is 0 Å². The molecule has 7 nitrogen and oxygen atoms in total. The first-order valence-electron chi connectivity index (χ1n) is 3.36. The van der Waals surface area contributed by atoms with Gasteiger partial charge in [0.15, 0.2) is 0 Å². The molecule has 0 unspecified atom stereocenters. The molecule has 0 fully saturated rings. The van der Waals surface area contributed by atoms with Crippen LogP contribution in [-0.4, -0.2) is 9.85 Å². The lowest BCUT2D eigenvalue weighted by Crippen LogP contribution is -1.98. The highest BCUT2D eigenvalue weighted by Crippen LogP contribution is 2.33. The average molecular weight is 218 g/mol. The molecule has 0 aliphatic carbocycles. The molecule has 14 heavy (non-hydrogen) atoms. The van der Waals surface area contributed by atoms with Crippen LogP contribution >= 0.6 is 11.8 Å². The Morgan fingerprint density at radius 2 is 1.57 bits per heavy atom. The third-order valence-electron chi connectivity index (χ3n) is 1.51. The fourth-order valence-electron chi connectivity index (χ4n) is 0.929. The molecule has 0 saturated carbocycles. The number of nitrogens with one attached hydrogen (secondary N) is 1. The second kappa shape index (κ2) is 3.88. The normalized spacial score (nSPS) is 9.50. The number of anilines is 1. The summed E-state index contributed by atoms with van der Waals surface area (Å²) in [4.78, 5) is 21.3. The van der Waals surface area contributed by atoms with Gasteiger partial charge in [0.1, 0.15) is 0 Å². The van der Waals surface area contributed by atoms with Crippen molar-refractivity contribution in [1.29, 1.82) is 0 Å². The van der Waals surface area contributed by atoms with Crippen LogP contribution in [0.3, 0.4) is 0 Å². The Hall–Kier alpha value is -1.89. The van der Waals surface area contributed by atoms with Crippen molar-refractivity contribution in [2.75, 3.05) is 4.84 Å². The zero-order valence-corrected chi connectivity index (χ0v) is 7.39. The van der Waals surface area contributed by atoms with Gasteiger partial charge < -0.3 is 0 Å². The van der Waals surface area contributed by atoms with E-state index in [1.807, 2.05) is 4.84 Å². The summed E-state index contributed by atoms with van der Waals surface area (Å²) in [6, 6.07) is 3.46. The Bertz CT molecular complexity index is 362. The lowest BCUT2D eigenvalue weighted by Gasteiger charge is -2.00. The number of nitrogens with zero attached hydrogens (tertiary/aromatic N) is 2. The summed E-state index contributed by atoms with van der Waals surface area (Å²) in [6.45, 7) is 0. The summed E-state index contributed by atoms with van der Waals surface area (Å²) >= 11 is 5.17. The molecule has 0 bridgehead atoms. The van der Waals surface area contributed by atoms with Crippen LogP contribution in [0.25, 0.3) is 0 Å². The summed E-state index contributed by atoms with van der Waals surface area (Å²) in [5, 5.41) is 20.9. The Morgan fingerprint density at radius 3 is 1.86 bits per heavy atom. The molecule has 0 aliphatic rings. The summed E-state index contributed by atoms with van der Waals surface area (Å²) in [6.07, 6.45) is 0. The number of para-hydroxylation sites is 1. The molecule has 0 aromatic heterocycles. The lowest BCUT2D eigenvalue weighted by atomic mass is 10.2. The molecule has 0 amide bonds. The van der Waals surface area contributed by atoms with Gasteiger partial charge in [0.05, 0.1) is 9.85 Å². The SMILES string of the molecule is O=[N+]([O-])c1cccc([N+](=O)[O-])c1NCl. The maximum absolute atomic E-state index is 10.4. The lowest BCUT2D eigenvalue weighted by molar-refractivity contribution is -0.392. The molecule has 0 spiro atoms. The van der Waals surface area contributed by atoms with Crippen molar-refractivity contribution >= 4 is 28.8 Å². The van der Waals surface area contributed by atoms with Gasteiger partial charge in [0, 0.05) is 23.9 Å². The Balaban J connectivity index is 3.39. The second-order valence-electron chi connectivity index (χ2n) is 2.28. The highest BCUT2D eigenvalue weighted by atomic mass is 35.5. The first-order chi connectivity index (χ1) is 6.57. The van der Waals surface area contributed by atoms with Crippen molar-refractivity contribution in [2.24, 2.45) is 0 Å². The molecule has 1 aromatic rings. The van der Waals surface area contributed by atoms with E-state index in [9.17, 15) is 20.2 Å². The van der Waals surface area contributed by atoms with Crippen molar-refractivity contribution in [3.63, 3.8) is 0 Å². The third kappa shape index (κ3) is 1.72. The summed E-state index contributed by atoms with van der Waals surface area (Å²) < 4.78 is 0. The zero-order valence-electron chi connectivity index (χ0n) is 6.64. The van der Waals surface area contributed by atoms with Crippen LogP contribution in [0.4, 0.5) is 17.1 Å². The minimum atomic E-state index is -0.752. The monoisotopic (exact) mass is 217 g/mol. The van der Waals surface area contributed by atoms with Gasteiger partial charge in [0.2, 0.25) is 5.69 Å². The minimum Gasteiger partial charge on any atom is -0.286 e. The molecule has 0 atom stereocenters. The van der Waals surface area contributed by atoms with Gasteiger partial charge in [0.25, 0.3) is 0 Å². The first-order valence-corrected chi connectivity index (χ1v) is 3.74. The van der Waals surface area contributed by atoms with E-state index in [0.29, 0.717) is 0 Å². The van der Waals surface area contributed by atoms with Gasteiger partial charge in [-0.2, -0.15) is 0 Å². The molecule has 1 rings (SSSR count). The van der Waals surface area contributed by atoms with Crippen LogP contribution in [0.5, 0.6) is 0 Å². The number of hydrogen-bond donors (Lipinski definition) is 1. The van der Waals surface area contributed by atoms with Gasteiger partial charge in [-0.1, -0.05) is 0 Å². The smallest absolute Gasteiger partial charge is 0.286 e. The molecule has 0 heterocycles. The van der Waals surface area contributed by atoms with Crippen molar-refractivity contribution in [3.05, 3.63) is 38.4 Å². The quantitative estimate of drug-likeness (QED) is 0.475. The van der Waals surface area contributed by atoms with E-state index in [-0.39, 0.29) is 5.69 Å². The van der Waals surface area contributed by atoms with Crippen LogP contribution < -0.4 is 4.84 Å². The molecule has 1 N–H and O–H groups in total. The zero-order chi connectivity index (χ0) is 10.7. The summed E-state index contributed by atoms with van der Waals surface area (Å²) in [5.41, 5.74) is -1.19. The molecule has 0 radical (unpaired) electrons. The Kier molecular flexibility index (Phi) is 2.82. The summed E-state index contributed by atoms with van der Waals surface area (Å²) in [5.74, 6) is 0. The van der Waals surface area contributed by atoms with Crippen molar-refractivity contribution in [2.45, 2.75) is 0 Å². The van der Waals surface area contributed by atoms with Crippen LogP contribution in [0.2, 0.25) is 0 Å². The average Bonchev–Trinajstić information content (AvgIpc) is 2.16. The van der Waals surface area contributed by atoms with Gasteiger partial charge in [-0.15, -0.1) is 0 Å². The Morgan fingerprint density at radius 1 is 1.14 bits per heavy atom. The Labute approximate surface area is 82.7 Å². The molecule has 0 aliphatic heterocycles. The van der Waals surface area contributed by atoms with Crippen LogP contribution in [0.1, 0.15) is 0 Å². The third-order valence-corrected chi connectivity index (χ3v) is 1.70. The second-order valence-corrected chi connectivity index (χ2v) is 2.47.